The molecule has 1 fully saturated rings. The van der Waals surface area contributed by atoms with Gasteiger partial charge >= 0.3 is 6.18 Å². The van der Waals surface area contributed by atoms with Crippen molar-refractivity contribution in [2.45, 2.75) is 44.5 Å². The van der Waals surface area contributed by atoms with E-state index in [1.807, 2.05) is 6.92 Å². The third-order valence-corrected chi connectivity index (χ3v) is 4.92. The summed E-state index contributed by atoms with van der Waals surface area (Å²) in [7, 11) is 1.74. The fourth-order valence-electron chi connectivity index (χ4n) is 3.27. The molecule has 2 aromatic rings. The molecular weight excluding hydrogens is 363 g/mol. The molecule has 3 heterocycles. The van der Waals surface area contributed by atoms with Crippen molar-refractivity contribution in [2.75, 3.05) is 13.1 Å². The van der Waals surface area contributed by atoms with Gasteiger partial charge in [-0.15, -0.1) is 0 Å². The maximum atomic E-state index is 13.1. The molecule has 148 valence electrons. The number of nitrogens with zero attached hydrogens (tertiary/aromatic N) is 5. The summed E-state index contributed by atoms with van der Waals surface area (Å²) < 4.78 is 42.6. The van der Waals surface area contributed by atoms with E-state index in [9.17, 15) is 23.1 Å². The average Bonchev–Trinajstić information content (AvgIpc) is 3.16. The van der Waals surface area contributed by atoms with Gasteiger partial charge in [0.05, 0.1) is 11.8 Å². The molecule has 0 aromatic carbocycles. The number of amides is 1. The smallest absolute Gasteiger partial charge is 0.380 e. The first-order valence-electron chi connectivity index (χ1n) is 8.79. The zero-order valence-corrected chi connectivity index (χ0v) is 15.2. The van der Waals surface area contributed by atoms with Crippen LogP contribution in [0, 0.1) is 0 Å². The van der Waals surface area contributed by atoms with Crippen LogP contribution in [0.4, 0.5) is 13.2 Å². The van der Waals surface area contributed by atoms with Crippen LogP contribution in [-0.2, 0) is 13.6 Å². The lowest BCUT2D eigenvalue weighted by molar-refractivity contribution is -0.263. The Hall–Kier alpha value is -2.36. The predicted octanol–water partition coefficient (Wildman–Crippen LogP) is 2.22. The van der Waals surface area contributed by atoms with Crippen LogP contribution in [0.2, 0.25) is 0 Å². The molecule has 0 bridgehead atoms. The van der Waals surface area contributed by atoms with Gasteiger partial charge in [-0.1, -0.05) is 0 Å². The number of hydrogen-bond acceptors (Lipinski definition) is 4. The Morgan fingerprint density at radius 3 is 2.63 bits per heavy atom. The molecule has 1 unspecified atom stereocenters. The maximum absolute atomic E-state index is 13.1. The lowest BCUT2D eigenvalue weighted by Gasteiger charge is -2.29. The van der Waals surface area contributed by atoms with Crippen molar-refractivity contribution >= 4 is 5.91 Å². The van der Waals surface area contributed by atoms with Crippen LogP contribution in [0.3, 0.4) is 0 Å². The number of rotatable bonds is 3. The van der Waals surface area contributed by atoms with Gasteiger partial charge in [-0.05, 0) is 19.8 Å². The largest absolute Gasteiger partial charge is 0.417 e. The highest BCUT2D eigenvalue weighted by Crippen LogP contribution is 2.38. The topological polar surface area (TPSA) is 76.2 Å². The lowest BCUT2D eigenvalue weighted by atomic mass is 9.94. The van der Waals surface area contributed by atoms with Crippen molar-refractivity contribution in [1.29, 1.82) is 0 Å². The standard InChI is InChI=1S/C17H22F3N5O2/c1-3-25-11-13(14(22-25)12-9-21-23(2)10-12)15(26)24-7-4-5-16(27,6-8-24)17(18,19)20/h9-11,27H,3-8H2,1-2H3. The molecule has 0 spiro atoms. The molecule has 10 heteroatoms. The minimum atomic E-state index is -4.71. The van der Waals surface area contributed by atoms with E-state index < -0.39 is 24.6 Å². The van der Waals surface area contributed by atoms with E-state index in [0.29, 0.717) is 23.4 Å². The molecule has 2 aromatic heterocycles. The average molecular weight is 385 g/mol. The Bertz CT molecular complexity index is 829. The first kappa shape index (κ1) is 19.4. The summed E-state index contributed by atoms with van der Waals surface area (Å²) in [6.45, 7) is 2.41. The van der Waals surface area contributed by atoms with Crippen LogP contribution in [0.1, 0.15) is 36.5 Å². The Labute approximate surface area is 154 Å². The number of aliphatic hydroxyl groups is 1. The highest BCUT2D eigenvalue weighted by Gasteiger charge is 2.53. The number of carbonyl (C=O) groups excluding carboxylic acids is 1. The van der Waals surface area contributed by atoms with Gasteiger partial charge in [0.15, 0.2) is 5.60 Å². The van der Waals surface area contributed by atoms with Crippen molar-refractivity contribution in [3.8, 4) is 11.3 Å². The molecule has 1 saturated heterocycles. The Balaban J connectivity index is 1.87. The van der Waals surface area contributed by atoms with Gasteiger partial charge in [-0.25, -0.2) is 0 Å². The summed E-state index contributed by atoms with van der Waals surface area (Å²) >= 11 is 0. The predicted molar refractivity (Wildman–Crippen MR) is 90.9 cm³/mol. The van der Waals surface area contributed by atoms with E-state index in [1.165, 1.54) is 4.90 Å². The number of carbonyl (C=O) groups is 1. The first-order valence-corrected chi connectivity index (χ1v) is 8.79. The quantitative estimate of drug-likeness (QED) is 0.879. The van der Waals surface area contributed by atoms with Gasteiger partial charge in [0.25, 0.3) is 5.91 Å². The molecule has 1 N–H and O–H groups in total. The van der Waals surface area contributed by atoms with E-state index in [4.69, 9.17) is 0 Å². The fraction of sp³-hybridized carbons (Fsp3) is 0.588. The van der Waals surface area contributed by atoms with Gasteiger partial charge < -0.3 is 10.0 Å². The molecule has 1 aliphatic rings. The number of halogens is 3. The van der Waals surface area contributed by atoms with E-state index in [-0.39, 0.29) is 25.4 Å². The Morgan fingerprint density at radius 1 is 1.30 bits per heavy atom. The van der Waals surface area contributed by atoms with Crippen molar-refractivity contribution in [3.05, 3.63) is 24.2 Å². The maximum Gasteiger partial charge on any atom is 0.417 e. The van der Waals surface area contributed by atoms with Gasteiger partial charge in [0.1, 0.15) is 5.69 Å². The SMILES string of the molecule is CCn1cc(C(=O)N2CCCC(O)(C(F)(F)F)CC2)c(-c2cnn(C)c2)n1. The monoisotopic (exact) mass is 385 g/mol. The first-order chi connectivity index (χ1) is 12.6. The van der Waals surface area contributed by atoms with Crippen molar-refractivity contribution in [3.63, 3.8) is 0 Å². The summed E-state index contributed by atoms with van der Waals surface area (Å²) in [4.78, 5) is 14.4. The second-order valence-electron chi connectivity index (χ2n) is 6.82. The van der Waals surface area contributed by atoms with Gasteiger partial charge in [0.2, 0.25) is 0 Å². The number of aromatic nitrogens is 4. The number of hydrogen-bond donors (Lipinski definition) is 1. The van der Waals surface area contributed by atoms with Gasteiger partial charge in [0, 0.05) is 51.1 Å². The van der Waals surface area contributed by atoms with Crippen LogP contribution in [0.15, 0.2) is 18.6 Å². The number of aryl methyl sites for hydroxylation is 2. The highest BCUT2D eigenvalue weighted by atomic mass is 19.4. The minimum absolute atomic E-state index is 0.0753. The molecule has 27 heavy (non-hydrogen) atoms. The van der Waals surface area contributed by atoms with Crippen LogP contribution in [0.25, 0.3) is 11.3 Å². The molecule has 0 radical (unpaired) electrons. The molecule has 3 rings (SSSR count). The molecule has 1 aliphatic heterocycles. The molecule has 1 amide bonds. The van der Waals surface area contributed by atoms with Crippen molar-refractivity contribution < 1.29 is 23.1 Å². The van der Waals surface area contributed by atoms with E-state index in [1.54, 1.807) is 35.0 Å². The summed E-state index contributed by atoms with van der Waals surface area (Å²) in [6, 6.07) is 0. The molecule has 7 nitrogen and oxygen atoms in total. The fourth-order valence-corrected chi connectivity index (χ4v) is 3.27. The molecule has 1 atom stereocenters. The second-order valence-corrected chi connectivity index (χ2v) is 6.82. The Morgan fingerprint density at radius 2 is 2.04 bits per heavy atom. The van der Waals surface area contributed by atoms with Crippen LogP contribution in [-0.4, -0.2) is 60.3 Å². The van der Waals surface area contributed by atoms with Gasteiger partial charge in [-0.2, -0.15) is 23.4 Å². The minimum Gasteiger partial charge on any atom is -0.380 e. The lowest BCUT2D eigenvalue weighted by Crippen LogP contribution is -2.46. The summed E-state index contributed by atoms with van der Waals surface area (Å²) in [5, 5.41) is 18.4. The third-order valence-electron chi connectivity index (χ3n) is 4.92. The molecular formula is C17H22F3N5O2. The van der Waals surface area contributed by atoms with Crippen LogP contribution < -0.4 is 0 Å². The van der Waals surface area contributed by atoms with E-state index in [2.05, 4.69) is 10.2 Å². The summed E-state index contributed by atoms with van der Waals surface area (Å²) in [6.07, 6.45) is -0.665. The zero-order chi connectivity index (χ0) is 19.8. The molecule has 0 saturated carbocycles. The third kappa shape index (κ3) is 3.71. The zero-order valence-electron chi connectivity index (χ0n) is 15.2. The number of alkyl halides is 3. The van der Waals surface area contributed by atoms with Crippen molar-refractivity contribution in [2.24, 2.45) is 7.05 Å². The van der Waals surface area contributed by atoms with Crippen LogP contribution >= 0.6 is 0 Å². The second kappa shape index (κ2) is 6.99. The van der Waals surface area contributed by atoms with Crippen molar-refractivity contribution in [1.82, 2.24) is 24.5 Å². The van der Waals surface area contributed by atoms with E-state index in [0.717, 1.165) is 0 Å². The Kier molecular flexibility index (Phi) is 5.02. The number of likely N-dealkylation sites (tertiary alicyclic amines) is 1. The van der Waals surface area contributed by atoms with Crippen LogP contribution in [0.5, 0.6) is 0 Å². The molecule has 0 aliphatic carbocycles. The summed E-state index contributed by atoms with van der Waals surface area (Å²) in [5.74, 6) is -0.389. The van der Waals surface area contributed by atoms with Gasteiger partial charge in [-0.3, -0.25) is 14.2 Å². The highest BCUT2D eigenvalue weighted by molar-refractivity contribution is 5.99. The normalized spacial score (nSPS) is 21.3. The summed E-state index contributed by atoms with van der Waals surface area (Å²) in [5.41, 5.74) is -1.32. The van der Waals surface area contributed by atoms with E-state index >= 15 is 0 Å².